The second-order valence-electron chi connectivity index (χ2n) is 11.1. The number of benzene rings is 2. The zero-order valence-corrected chi connectivity index (χ0v) is 24.1. The van der Waals surface area contributed by atoms with Crippen LogP contribution in [-0.2, 0) is 26.7 Å². The van der Waals surface area contributed by atoms with Crippen LogP contribution in [0.3, 0.4) is 0 Å². The van der Waals surface area contributed by atoms with Gasteiger partial charge in [0.2, 0.25) is 5.78 Å². The minimum Gasteiger partial charge on any atom is -0.346 e. The van der Waals surface area contributed by atoms with Crippen LogP contribution in [0.4, 0.5) is 53.9 Å². The van der Waals surface area contributed by atoms with Gasteiger partial charge in [0.1, 0.15) is 22.7 Å². The fourth-order valence-corrected chi connectivity index (χ4v) is 4.80. The number of hydrogen-bond donors (Lipinski definition) is 2. The zero-order chi connectivity index (χ0) is 35.2. The summed E-state index contributed by atoms with van der Waals surface area (Å²) in [5.41, 5.74) is -7.70. The number of nitro benzene ring substituents is 2. The summed E-state index contributed by atoms with van der Waals surface area (Å²) in [6.45, 7) is 6.07. The van der Waals surface area contributed by atoms with Crippen molar-refractivity contribution in [2.75, 3.05) is 16.5 Å². The molecule has 0 saturated carbocycles. The molecule has 2 aliphatic rings. The number of hydrogen-bond acceptors (Lipinski definition) is 10. The predicted octanol–water partition coefficient (Wildman–Crippen LogP) is 4.34. The van der Waals surface area contributed by atoms with Gasteiger partial charge in [-0.2, -0.15) is 26.3 Å². The van der Waals surface area contributed by atoms with Gasteiger partial charge in [-0.25, -0.2) is 9.69 Å². The van der Waals surface area contributed by atoms with E-state index in [1.807, 2.05) is 0 Å². The van der Waals surface area contributed by atoms with Gasteiger partial charge < -0.3 is 10.2 Å². The molecule has 0 aromatic heterocycles. The lowest BCUT2D eigenvalue weighted by atomic mass is 9.92. The summed E-state index contributed by atoms with van der Waals surface area (Å²) in [5.74, 6) is -1.55. The SMILES string of the molecule is CC1(C)NC(=O)N(c2ccc([N+](=O)[O-])c(C(F)(F)F)c2)C1=O.CC1(C)NCN(c2ccc([N+](=O)[O-])c(C(F)(F)F)c2)C1C(=O)C=O. The largest absolute Gasteiger partial charge is 0.423 e. The molecule has 2 saturated heterocycles. The molecule has 3 amide bonds. The molecular formula is C26H24F6N6O8. The van der Waals surface area contributed by atoms with E-state index < -0.39 is 79.5 Å². The molecule has 248 valence electrons. The molecule has 2 heterocycles. The molecule has 2 aromatic carbocycles. The summed E-state index contributed by atoms with van der Waals surface area (Å²) in [6.07, 6.45) is -9.80. The first-order valence-corrected chi connectivity index (χ1v) is 12.8. The van der Waals surface area contributed by atoms with Gasteiger partial charge in [-0.1, -0.05) is 0 Å². The summed E-state index contributed by atoms with van der Waals surface area (Å²) < 4.78 is 78.0. The van der Waals surface area contributed by atoms with Crippen LogP contribution in [0.1, 0.15) is 38.8 Å². The lowest BCUT2D eigenvalue weighted by Gasteiger charge is -2.30. The molecule has 2 aliphatic heterocycles. The second-order valence-corrected chi connectivity index (χ2v) is 11.1. The number of anilines is 2. The van der Waals surface area contributed by atoms with Crippen molar-refractivity contribution in [3.8, 4) is 0 Å². The van der Waals surface area contributed by atoms with Crippen molar-refractivity contribution in [2.45, 2.75) is 57.2 Å². The monoisotopic (exact) mass is 662 g/mol. The summed E-state index contributed by atoms with van der Waals surface area (Å²) in [6, 6.07) is 2.53. The van der Waals surface area contributed by atoms with Gasteiger partial charge in [-0.15, -0.1) is 0 Å². The summed E-state index contributed by atoms with van der Waals surface area (Å²) in [5, 5.41) is 26.7. The number of nitro groups is 2. The molecule has 0 bridgehead atoms. The third-order valence-electron chi connectivity index (χ3n) is 7.00. The lowest BCUT2D eigenvalue weighted by molar-refractivity contribution is -0.388. The standard InChI is InChI=1S/C14H14F3N3O4.C12H10F3N3O4/c1-13(2)12(11(22)6-21)19(7-18-13)8-3-4-10(20(23)24)9(5-8)14(15,16)17;1-11(2)9(19)17(10(20)16-11)6-3-4-8(18(21)22)7(5-6)12(13,14)15/h3-6,12,18H,7H2,1-2H3;3-5H,1-2H3,(H,16,20). The van der Waals surface area contributed by atoms with Crippen molar-refractivity contribution in [1.82, 2.24) is 10.6 Å². The highest BCUT2D eigenvalue weighted by Crippen LogP contribution is 2.41. The first kappa shape index (κ1) is 35.3. The van der Waals surface area contributed by atoms with Crippen molar-refractivity contribution in [3.05, 3.63) is 67.8 Å². The summed E-state index contributed by atoms with van der Waals surface area (Å²) >= 11 is 0. The van der Waals surface area contributed by atoms with Crippen LogP contribution in [-0.4, -0.2) is 57.6 Å². The molecule has 0 radical (unpaired) electrons. The Bertz CT molecular complexity index is 1620. The Morgan fingerprint density at radius 1 is 0.891 bits per heavy atom. The molecule has 2 fully saturated rings. The number of nitrogens with zero attached hydrogens (tertiary/aromatic N) is 4. The highest BCUT2D eigenvalue weighted by atomic mass is 19.4. The van der Waals surface area contributed by atoms with Gasteiger partial charge in [0, 0.05) is 23.4 Å². The third-order valence-corrected chi connectivity index (χ3v) is 7.00. The third kappa shape index (κ3) is 6.90. The van der Waals surface area contributed by atoms with Gasteiger partial charge in [0.05, 0.1) is 22.2 Å². The number of nitrogens with one attached hydrogen (secondary N) is 2. The molecule has 2 N–H and O–H groups in total. The topological polar surface area (TPSA) is 185 Å². The van der Waals surface area contributed by atoms with Crippen molar-refractivity contribution in [3.63, 3.8) is 0 Å². The number of urea groups is 1. The average molecular weight is 663 g/mol. The van der Waals surface area contributed by atoms with Gasteiger partial charge in [-0.05, 0) is 52.0 Å². The number of alkyl halides is 6. The van der Waals surface area contributed by atoms with Crippen LogP contribution in [0, 0.1) is 20.2 Å². The minimum absolute atomic E-state index is 0.0202. The first-order chi connectivity index (χ1) is 20.9. The Kier molecular flexibility index (Phi) is 9.21. The number of carbonyl (C=O) groups is 4. The van der Waals surface area contributed by atoms with Crippen molar-refractivity contribution in [1.29, 1.82) is 0 Å². The number of carbonyl (C=O) groups excluding carboxylic acids is 4. The smallest absolute Gasteiger partial charge is 0.346 e. The number of aldehydes is 1. The van der Waals surface area contributed by atoms with Gasteiger partial charge >= 0.3 is 18.4 Å². The van der Waals surface area contributed by atoms with Crippen LogP contribution in [0.2, 0.25) is 0 Å². The quantitative estimate of drug-likeness (QED) is 0.113. The normalized spacial score (nSPS) is 18.9. The zero-order valence-electron chi connectivity index (χ0n) is 24.1. The lowest BCUT2D eigenvalue weighted by Crippen LogP contribution is -2.50. The highest BCUT2D eigenvalue weighted by molar-refractivity contribution is 6.29. The van der Waals surface area contributed by atoms with E-state index >= 15 is 0 Å². The molecular weight excluding hydrogens is 638 g/mol. The fraction of sp³-hybridized carbons (Fsp3) is 0.385. The fourth-order valence-electron chi connectivity index (χ4n) is 4.80. The Labute approximate surface area is 254 Å². The van der Waals surface area contributed by atoms with Gasteiger partial charge in [0.15, 0.2) is 6.29 Å². The van der Waals surface area contributed by atoms with E-state index in [0.29, 0.717) is 23.1 Å². The molecule has 2 aromatic rings. The number of halogens is 6. The van der Waals surface area contributed by atoms with Gasteiger partial charge in [-0.3, -0.25) is 39.9 Å². The van der Waals surface area contributed by atoms with Crippen molar-refractivity contribution < 1.29 is 55.4 Å². The maximum absolute atomic E-state index is 13.1. The second kappa shape index (κ2) is 12.0. The van der Waals surface area contributed by atoms with Crippen molar-refractivity contribution >= 4 is 46.8 Å². The maximum atomic E-state index is 13.1. The number of rotatable bonds is 6. The first-order valence-electron chi connectivity index (χ1n) is 12.8. The molecule has 4 rings (SSSR count). The molecule has 1 atom stereocenters. The van der Waals surface area contributed by atoms with E-state index in [1.165, 1.54) is 18.7 Å². The molecule has 1 unspecified atom stereocenters. The van der Waals surface area contributed by atoms with Crippen LogP contribution in [0.5, 0.6) is 0 Å². The van der Waals surface area contributed by atoms with E-state index in [9.17, 15) is 65.7 Å². The molecule has 14 nitrogen and oxygen atoms in total. The van der Waals surface area contributed by atoms with Crippen LogP contribution < -0.4 is 20.4 Å². The Morgan fingerprint density at radius 2 is 1.35 bits per heavy atom. The number of imide groups is 1. The molecule has 0 aliphatic carbocycles. The minimum atomic E-state index is -4.99. The molecule has 46 heavy (non-hydrogen) atoms. The van der Waals surface area contributed by atoms with Crippen LogP contribution in [0.25, 0.3) is 0 Å². The van der Waals surface area contributed by atoms with E-state index in [2.05, 4.69) is 10.6 Å². The number of Topliss-reactive ketones (excluding diaryl/α,β-unsaturated/α-hetero) is 1. The van der Waals surface area contributed by atoms with Crippen molar-refractivity contribution in [2.24, 2.45) is 0 Å². The number of ketones is 1. The highest BCUT2D eigenvalue weighted by Gasteiger charge is 2.48. The Hall–Kier alpha value is -5.14. The molecule has 0 spiro atoms. The summed E-state index contributed by atoms with van der Waals surface area (Å²) in [7, 11) is 0. The van der Waals surface area contributed by atoms with Crippen LogP contribution in [0.15, 0.2) is 36.4 Å². The van der Waals surface area contributed by atoms with E-state index in [-0.39, 0.29) is 24.3 Å². The van der Waals surface area contributed by atoms with E-state index in [0.717, 1.165) is 18.2 Å². The maximum Gasteiger partial charge on any atom is 0.423 e. The van der Waals surface area contributed by atoms with E-state index in [1.54, 1.807) is 13.8 Å². The molecule has 20 heteroatoms. The van der Waals surface area contributed by atoms with Crippen LogP contribution >= 0.6 is 0 Å². The number of amides is 3. The van der Waals surface area contributed by atoms with Gasteiger partial charge in [0.25, 0.3) is 17.3 Å². The Morgan fingerprint density at radius 3 is 1.74 bits per heavy atom. The summed E-state index contributed by atoms with van der Waals surface area (Å²) in [4.78, 5) is 67.5. The van der Waals surface area contributed by atoms with E-state index in [4.69, 9.17) is 0 Å². The average Bonchev–Trinajstić information content (AvgIpc) is 3.36. The predicted molar refractivity (Wildman–Crippen MR) is 146 cm³/mol. The Balaban J connectivity index is 0.000000251.